The van der Waals surface area contributed by atoms with Crippen LogP contribution in [0.4, 0.5) is 10.5 Å². The minimum Gasteiger partial charge on any atom is -0.493 e. The van der Waals surface area contributed by atoms with Crippen LogP contribution in [0.2, 0.25) is 0 Å². The van der Waals surface area contributed by atoms with Crippen LogP contribution in [0.5, 0.6) is 5.75 Å². The van der Waals surface area contributed by atoms with Crippen molar-refractivity contribution in [1.82, 2.24) is 21.0 Å². The van der Waals surface area contributed by atoms with Crippen molar-refractivity contribution in [2.45, 2.75) is 71.4 Å². The van der Waals surface area contributed by atoms with Gasteiger partial charge in [0.2, 0.25) is 12.3 Å². The van der Waals surface area contributed by atoms with Crippen LogP contribution in [0.3, 0.4) is 0 Å². The van der Waals surface area contributed by atoms with Crippen molar-refractivity contribution in [1.29, 1.82) is 0 Å². The fraction of sp³-hybridized carbons (Fsp3) is 0.378. The van der Waals surface area contributed by atoms with Gasteiger partial charge in [0.15, 0.2) is 5.76 Å². The van der Waals surface area contributed by atoms with E-state index in [2.05, 4.69) is 21.3 Å². The van der Waals surface area contributed by atoms with Crippen LogP contribution in [-0.2, 0) is 24.0 Å². The molecule has 0 aliphatic carbocycles. The van der Waals surface area contributed by atoms with E-state index >= 15 is 0 Å². The Balaban J connectivity index is 1.67. The highest BCUT2D eigenvalue weighted by Crippen LogP contribution is 2.29. The highest BCUT2D eigenvalue weighted by atomic mass is 16.7. The third-order valence-electron chi connectivity index (χ3n) is 8.11. The molecule has 0 bridgehead atoms. The highest BCUT2D eigenvalue weighted by molar-refractivity contribution is 6.00. The number of ether oxygens (including phenoxy) is 1. The van der Waals surface area contributed by atoms with Gasteiger partial charge in [-0.1, -0.05) is 57.4 Å². The lowest BCUT2D eigenvalue weighted by molar-refractivity contribution is -0.167. The van der Waals surface area contributed by atoms with Crippen molar-refractivity contribution in [2.24, 2.45) is 5.92 Å². The van der Waals surface area contributed by atoms with Crippen molar-refractivity contribution in [2.75, 3.05) is 18.6 Å². The molecule has 1 aromatic heterocycles. The zero-order valence-corrected chi connectivity index (χ0v) is 30.2. The van der Waals surface area contributed by atoms with E-state index in [0.29, 0.717) is 30.5 Å². The summed E-state index contributed by atoms with van der Waals surface area (Å²) in [6.07, 6.45) is 1.67. The van der Waals surface area contributed by atoms with E-state index in [1.165, 1.54) is 30.3 Å². The molecular formula is C37H45N5O12. The molecule has 17 heteroatoms. The molecule has 0 unspecified atom stereocenters. The maximum atomic E-state index is 13.5. The average Bonchev–Trinajstić information content (AvgIpc) is 3.64. The number of carbonyl (C=O) groups excluding carboxylic acids is 5. The molecule has 0 radical (unpaired) electrons. The molecule has 290 valence electrons. The summed E-state index contributed by atoms with van der Waals surface area (Å²) in [5, 5.41) is 29.1. The van der Waals surface area contributed by atoms with Crippen molar-refractivity contribution in [3.05, 3.63) is 72.0 Å². The average molecular weight is 752 g/mol. The van der Waals surface area contributed by atoms with E-state index in [-0.39, 0.29) is 42.5 Å². The zero-order chi connectivity index (χ0) is 39.6. The van der Waals surface area contributed by atoms with E-state index in [4.69, 9.17) is 19.1 Å². The molecule has 3 rings (SSSR count). The second-order valence-electron chi connectivity index (χ2n) is 11.9. The van der Waals surface area contributed by atoms with Gasteiger partial charge in [-0.15, -0.1) is 0 Å². The van der Waals surface area contributed by atoms with Gasteiger partial charge in [-0.25, -0.2) is 9.59 Å². The van der Waals surface area contributed by atoms with Crippen LogP contribution < -0.4 is 26.0 Å². The third kappa shape index (κ3) is 12.4. The molecule has 2 aromatic carbocycles. The Kier molecular flexibility index (Phi) is 16.5. The molecule has 0 aliphatic rings. The maximum absolute atomic E-state index is 13.5. The highest BCUT2D eigenvalue weighted by Gasteiger charge is 2.33. The number of carboxylic acids is 2. The molecule has 17 nitrogen and oxygen atoms in total. The summed E-state index contributed by atoms with van der Waals surface area (Å²) in [5.41, 5.74) is 0.816. The Morgan fingerprint density at radius 2 is 1.65 bits per heavy atom. The second-order valence-corrected chi connectivity index (χ2v) is 11.9. The first-order chi connectivity index (χ1) is 25.9. The van der Waals surface area contributed by atoms with Crippen LogP contribution >= 0.6 is 0 Å². The Morgan fingerprint density at radius 1 is 0.907 bits per heavy atom. The number of aliphatic carboxylic acids is 2. The van der Waals surface area contributed by atoms with Crippen molar-refractivity contribution < 1.29 is 57.8 Å². The van der Waals surface area contributed by atoms with Gasteiger partial charge < -0.3 is 40.2 Å². The second kappa shape index (κ2) is 21.2. The summed E-state index contributed by atoms with van der Waals surface area (Å²) in [6.45, 7) is 5.28. The number of unbranched alkanes of at least 4 members (excludes halogenated alkanes) is 2. The summed E-state index contributed by atoms with van der Waals surface area (Å²) in [4.78, 5) is 91.7. The lowest BCUT2D eigenvalue weighted by atomic mass is 9.90. The molecule has 54 heavy (non-hydrogen) atoms. The van der Waals surface area contributed by atoms with Crippen LogP contribution in [0.25, 0.3) is 11.3 Å². The number of hydrogen-bond acceptors (Lipinski definition) is 10. The Hall–Kier alpha value is -6.39. The molecule has 1 heterocycles. The monoisotopic (exact) mass is 751 g/mol. The minimum atomic E-state index is -1.67. The van der Waals surface area contributed by atoms with E-state index in [1.54, 1.807) is 44.2 Å². The van der Waals surface area contributed by atoms with E-state index < -0.39 is 60.2 Å². The molecule has 0 saturated heterocycles. The number of para-hydroxylation sites is 1. The van der Waals surface area contributed by atoms with E-state index in [0.717, 1.165) is 17.9 Å². The van der Waals surface area contributed by atoms with Gasteiger partial charge >= 0.3 is 18.0 Å². The third-order valence-corrected chi connectivity index (χ3v) is 8.11. The molecule has 5 amide bonds. The zero-order valence-electron chi connectivity index (χ0n) is 30.2. The number of hydrogen-bond donors (Lipinski definition) is 6. The van der Waals surface area contributed by atoms with Gasteiger partial charge in [0, 0.05) is 11.3 Å². The Bertz CT molecular complexity index is 1760. The number of hydroxylamine groups is 2. The number of amides is 5. The van der Waals surface area contributed by atoms with Gasteiger partial charge in [0.25, 0.3) is 11.8 Å². The summed E-state index contributed by atoms with van der Waals surface area (Å²) < 4.78 is 11.3. The summed E-state index contributed by atoms with van der Waals surface area (Å²) in [5.74, 6) is -5.51. The first kappa shape index (κ1) is 42.0. The predicted octanol–water partition coefficient (Wildman–Crippen LogP) is 4.40. The smallest absolute Gasteiger partial charge is 0.436 e. The normalized spacial score (nSPS) is 12.3. The number of carboxylic acid groups (broad SMARTS) is 2. The lowest BCUT2D eigenvalue weighted by Gasteiger charge is -2.31. The van der Waals surface area contributed by atoms with Gasteiger partial charge in [-0.05, 0) is 56.2 Å². The first-order valence-electron chi connectivity index (χ1n) is 17.4. The lowest BCUT2D eigenvalue weighted by Crippen LogP contribution is -2.49. The first-order valence-corrected chi connectivity index (χ1v) is 17.4. The standard InChI is InChI=1S/C37H45N5O12/c1-4-7-9-14-25(28(5-2)42(22-43)54-37(51)40-24-12-10-8-11-13-24)33(46)38-21-39-35(48)30-18-17-29(53-30)23-15-16-26(31(19-23)52-6-3)34(47)41-27(36(49)50)20-32(44)45/h8,10-13,15-19,22,25,27-28H,4-7,9,14,20-21H2,1-3H3,(H,38,46)(H,39,48)(H,40,51)(H,41,47)(H,44,45)(H,49,50)/t25-,27+,28-/m1/s1. The molecule has 3 atom stereocenters. The molecule has 0 spiro atoms. The number of nitrogens with one attached hydrogen (secondary N) is 4. The van der Waals surface area contributed by atoms with Crippen molar-refractivity contribution in [3.63, 3.8) is 0 Å². The summed E-state index contributed by atoms with van der Waals surface area (Å²) in [6, 6.07) is 13.2. The van der Waals surface area contributed by atoms with Gasteiger partial charge in [0.05, 0.1) is 37.2 Å². The predicted molar refractivity (Wildman–Crippen MR) is 193 cm³/mol. The molecule has 0 fully saturated rings. The largest absolute Gasteiger partial charge is 0.493 e. The van der Waals surface area contributed by atoms with Crippen molar-refractivity contribution in [3.8, 4) is 17.1 Å². The van der Waals surface area contributed by atoms with Crippen LogP contribution in [0, 0.1) is 5.92 Å². The van der Waals surface area contributed by atoms with Gasteiger partial charge in [-0.2, -0.15) is 5.06 Å². The molecule has 6 N–H and O–H groups in total. The van der Waals surface area contributed by atoms with E-state index in [1.807, 2.05) is 6.92 Å². The van der Waals surface area contributed by atoms with Crippen LogP contribution in [0.1, 0.15) is 80.2 Å². The summed E-state index contributed by atoms with van der Waals surface area (Å²) in [7, 11) is 0. The Morgan fingerprint density at radius 3 is 2.28 bits per heavy atom. The van der Waals surface area contributed by atoms with Crippen molar-refractivity contribution >= 4 is 47.9 Å². The molecular weight excluding hydrogens is 706 g/mol. The number of benzene rings is 2. The topological polar surface area (TPSA) is 243 Å². The van der Waals surface area contributed by atoms with Crippen LogP contribution in [0.15, 0.2) is 65.1 Å². The minimum absolute atomic E-state index is 0.0471. The van der Waals surface area contributed by atoms with Gasteiger partial charge in [-0.3, -0.25) is 29.3 Å². The number of carbonyl (C=O) groups is 7. The fourth-order valence-corrected chi connectivity index (χ4v) is 5.47. The fourth-order valence-electron chi connectivity index (χ4n) is 5.47. The maximum Gasteiger partial charge on any atom is 0.436 e. The van der Waals surface area contributed by atoms with E-state index in [9.17, 15) is 38.7 Å². The summed E-state index contributed by atoms with van der Waals surface area (Å²) >= 11 is 0. The number of anilines is 1. The van der Waals surface area contributed by atoms with Gasteiger partial charge in [0.1, 0.15) is 17.6 Å². The van der Waals surface area contributed by atoms with Crippen LogP contribution in [-0.4, -0.2) is 82.8 Å². The number of nitrogens with zero attached hydrogens (tertiary/aromatic N) is 1. The Labute approximate surface area is 311 Å². The number of furan rings is 1. The molecule has 0 aliphatic heterocycles. The quantitative estimate of drug-likeness (QED) is 0.0362. The molecule has 3 aromatic rings. The molecule has 0 saturated carbocycles. The SMILES string of the molecule is CCCCC[C@@H](C(=O)NCNC(=O)c1ccc(-c2ccc(C(=O)N[C@@H](CC(=O)O)C(=O)O)c(OCC)c2)o1)[C@@H](CC)N(C=O)OC(=O)Nc1ccccc1. The number of rotatable bonds is 22.